The van der Waals surface area contributed by atoms with Crippen molar-refractivity contribution in [3.05, 3.63) is 77.5 Å². The number of ether oxygens (including phenoxy) is 1. The number of benzene rings is 1. The van der Waals surface area contributed by atoms with Crippen molar-refractivity contribution in [2.45, 2.75) is 31.8 Å². The molecule has 1 spiro atoms. The standard InChI is InChI=1S/C25H25ClN4O2/c26-21-5-2-1-4-18(21)12-20-13-25(16-32-20)8-10-30(11-9-25)24(31)23-7-3-6-22(29-23)19-14-27-17-28-15-19/h1-7,14-15,17,20H,8-13,16H2/t20-/m0/s1. The number of carbonyl (C=O) groups excluding carboxylic acids is 1. The minimum absolute atomic E-state index is 0.0231. The van der Waals surface area contributed by atoms with E-state index in [2.05, 4.69) is 21.0 Å². The van der Waals surface area contributed by atoms with E-state index in [1.807, 2.05) is 35.2 Å². The van der Waals surface area contributed by atoms with Gasteiger partial charge in [-0.2, -0.15) is 0 Å². The molecule has 1 aromatic carbocycles. The van der Waals surface area contributed by atoms with Gasteiger partial charge in [-0.1, -0.05) is 35.9 Å². The van der Waals surface area contributed by atoms with E-state index in [0.717, 1.165) is 61.5 Å². The number of piperidine rings is 1. The molecule has 2 aliphatic heterocycles. The second kappa shape index (κ2) is 8.96. The predicted molar refractivity (Wildman–Crippen MR) is 122 cm³/mol. The van der Waals surface area contributed by atoms with Crippen LogP contribution < -0.4 is 0 Å². The lowest BCUT2D eigenvalue weighted by Gasteiger charge is -2.38. The van der Waals surface area contributed by atoms with Gasteiger partial charge in [0.2, 0.25) is 0 Å². The Kier molecular flexibility index (Phi) is 5.89. The van der Waals surface area contributed by atoms with Crippen molar-refractivity contribution in [3.63, 3.8) is 0 Å². The molecule has 1 atom stereocenters. The Morgan fingerprint density at radius 2 is 1.88 bits per heavy atom. The second-order valence-electron chi connectivity index (χ2n) is 8.76. The molecule has 32 heavy (non-hydrogen) atoms. The molecule has 0 unspecified atom stereocenters. The van der Waals surface area contributed by atoms with Crippen molar-refractivity contribution >= 4 is 17.5 Å². The highest BCUT2D eigenvalue weighted by Crippen LogP contribution is 2.43. The van der Waals surface area contributed by atoms with Crippen molar-refractivity contribution in [1.29, 1.82) is 0 Å². The van der Waals surface area contributed by atoms with Crippen LogP contribution in [-0.4, -0.2) is 51.6 Å². The number of aromatic nitrogens is 3. The summed E-state index contributed by atoms with van der Waals surface area (Å²) in [4.78, 5) is 27.7. The Balaban J connectivity index is 1.21. The average molecular weight is 449 g/mol. The van der Waals surface area contributed by atoms with Gasteiger partial charge in [0, 0.05) is 42.5 Å². The largest absolute Gasteiger partial charge is 0.377 e. The van der Waals surface area contributed by atoms with Gasteiger partial charge >= 0.3 is 0 Å². The van der Waals surface area contributed by atoms with Crippen LogP contribution in [0.5, 0.6) is 0 Å². The number of amides is 1. The molecule has 3 aromatic rings. The summed E-state index contributed by atoms with van der Waals surface area (Å²) in [7, 11) is 0. The van der Waals surface area contributed by atoms with E-state index in [0.29, 0.717) is 11.4 Å². The number of likely N-dealkylation sites (tertiary alicyclic amines) is 1. The summed E-state index contributed by atoms with van der Waals surface area (Å²) in [6.07, 6.45) is 8.82. The predicted octanol–water partition coefficient (Wildman–Crippen LogP) is 4.45. The van der Waals surface area contributed by atoms with Gasteiger partial charge in [-0.25, -0.2) is 15.0 Å². The molecule has 2 aliphatic rings. The molecule has 2 saturated heterocycles. The van der Waals surface area contributed by atoms with Gasteiger partial charge in [0.05, 0.1) is 18.4 Å². The monoisotopic (exact) mass is 448 g/mol. The molecular formula is C25H25ClN4O2. The molecule has 2 fully saturated rings. The number of carbonyl (C=O) groups is 1. The number of nitrogens with zero attached hydrogens (tertiary/aromatic N) is 4. The molecule has 0 bridgehead atoms. The van der Waals surface area contributed by atoms with E-state index in [1.165, 1.54) is 6.33 Å². The lowest BCUT2D eigenvalue weighted by atomic mass is 9.76. The maximum Gasteiger partial charge on any atom is 0.272 e. The number of rotatable bonds is 4. The molecule has 1 amide bonds. The summed E-state index contributed by atoms with van der Waals surface area (Å²) in [5, 5.41) is 0.800. The van der Waals surface area contributed by atoms with Gasteiger partial charge in [-0.3, -0.25) is 4.79 Å². The second-order valence-corrected chi connectivity index (χ2v) is 9.17. The van der Waals surface area contributed by atoms with Crippen LogP contribution in [0.3, 0.4) is 0 Å². The van der Waals surface area contributed by atoms with E-state index in [-0.39, 0.29) is 17.4 Å². The Morgan fingerprint density at radius 3 is 2.66 bits per heavy atom. The normalized spacial score (nSPS) is 19.9. The molecule has 0 saturated carbocycles. The first-order valence-electron chi connectivity index (χ1n) is 11.0. The molecule has 164 valence electrons. The van der Waals surface area contributed by atoms with Crippen molar-refractivity contribution in [3.8, 4) is 11.3 Å². The molecule has 0 N–H and O–H groups in total. The number of halogens is 1. The molecule has 7 heteroatoms. The first-order chi connectivity index (χ1) is 15.6. The zero-order chi connectivity index (χ0) is 22.0. The van der Waals surface area contributed by atoms with E-state index in [1.54, 1.807) is 18.5 Å². The third-order valence-electron chi connectivity index (χ3n) is 6.63. The van der Waals surface area contributed by atoms with Gasteiger partial charge in [0.15, 0.2) is 0 Å². The molecular weight excluding hydrogens is 424 g/mol. The van der Waals surface area contributed by atoms with Crippen LogP contribution >= 0.6 is 11.6 Å². The summed E-state index contributed by atoms with van der Waals surface area (Å²) >= 11 is 6.33. The summed E-state index contributed by atoms with van der Waals surface area (Å²) in [6.45, 7) is 2.20. The third kappa shape index (κ3) is 4.38. The van der Waals surface area contributed by atoms with E-state index in [9.17, 15) is 4.79 Å². The topological polar surface area (TPSA) is 68.2 Å². The number of pyridine rings is 1. The van der Waals surface area contributed by atoms with E-state index < -0.39 is 0 Å². The highest BCUT2D eigenvalue weighted by molar-refractivity contribution is 6.31. The van der Waals surface area contributed by atoms with Gasteiger partial charge in [0.25, 0.3) is 5.91 Å². The Bertz CT molecular complexity index is 1100. The molecule has 0 radical (unpaired) electrons. The van der Waals surface area contributed by atoms with Crippen LogP contribution in [0.1, 0.15) is 35.3 Å². The fraction of sp³-hybridized carbons (Fsp3) is 0.360. The molecule has 5 rings (SSSR count). The van der Waals surface area contributed by atoms with Gasteiger partial charge in [-0.15, -0.1) is 0 Å². The third-order valence-corrected chi connectivity index (χ3v) is 7.00. The lowest BCUT2D eigenvalue weighted by Crippen LogP contribution is -2.43. The highest BCUT2D eigenvalue weighted by Gasteiger charge is 2.43. The summed E-state index contributed by atoms with van der Waals surface area (Å²) in [6, 6.07) is 13.5. The summed E-state index contributed by atoms with van der Waals surface area (Å²) in [5.74, 6) is -0.0231. The molecule has 4 heterocycles. The van der Waals surface area contributed by atoms with Crippen LogP contribution in [-0.2, 0) is 11.2 Å². The van der Waals surface area contributed by atoms with Crippen LogP contribution in [0.2, 0.25) is 5.02 Å². The van der Waals surface area contributed by atoms with Gasteiger partial charge in [-0.05, 0) is 48.4 Å². The van der Waals surface area contributed by atoms with Crippen LogP contribution in [0.25, 0.3) is 11.3 Å². The van der Waals surface area contributed by atoms with E-state index in [4.69, 9.17) is 16.3 Å². The maximum absolute atomic E-state index is 13.1. The van der Waals surface area contributed by atoms with Crippen LogP contribution in [0.4, 0.5) is 0 Å². The van der Waals surface area contributed by atoms with Crippen molar-refractivity contribution < 1.29 is 9.53 Å². The molecule has 0 aliphatic carbocycles. The smallest absolute Gasteiger partial charge is 0.272 e. The number of hydrogen-bond donors (Lipinski definition) is 0. The quantitative estimate of drug-likeness (QED) is 0.590. The molecule has 2 aromatic heterocycles. The van der Waals surface area contributed by atoms with Crippen molar-refractivity contribution in [2.75, 3.05) is 19.7 Å². The minimum atomic E-state index is -0.0231. The average Bonchev–Trinajstić information content (AvgIpc) is 3.23. The van der Waals surface area contributed by atoms with Crippen molar-refractivity contribution in [2.24, 2.45) is 5.41 Å². The zero-order valence-electron chi connectivity index (χ0n) is 17.8. The lowest BCUT2D eigenvalue weighted by molar-refractivity contribution is 0.0492. The van der Waals surface area contributed by atoms with Gasteiger partial charge < -0.3 is 9.64 Å². The Morgan fingerprint density at radius 1 is 1.09 bits per heavy atom. The van der Waals surface area contributed by atoms with E-state index >= 15 is 0 Å². The first-order valence-corrected chi connectivity index (χ1v) is 11.4. The highest BCUT2D eigenvalue weighted by atomic mass is 35.5. The summed E-state index contributed by atoms with van der Waals surface area (Å²) in [5.41, 5.74) is 3.25. The minimum Gasteiger partial charge on any atom is -0.377 e. The Hall–Kier alpha value is -2.83. The fourth-order valence-corrected chi connectivity index (χ4v) is 4.99. The molecule has 6 nitrogen and oxygen atoms in total. The SMILES string of the molecule is O=C(c1cccc(-c2cncnc2)n1)N1CCC2(CC1)CO[C@@H](Cc1ccccc1Cl)C2. The van der Waals surface area contributed by atoms with Gasteiger partial charge in [0.1, 0.15) is 12.0 Å². The Labute approximate surface area is 192 Å². The van der Waals surface area contributed by atoms with Crippen LogP contribution in [0, 0.1) is 5.41 Å². The first kappa shape index (κ1) is 21.0. The summed E-state index contributed by atoms with van der Waals surface area (Å²) < 4.78 is 6.16. The fourth-order valence-electron chi connectivity index (χ4n) is 4.78. The maximum atomic E-state index is 13.1. The van der Waals surface area contributed by atoms with Crippen molar-refractivity contribution in [1.82, 2.24) is 19.9 Å². The zero-order valence-corrected chi connectivity index (χ0v) is 18.5. The number of hydrogen-bond acceptors (Lipinski definition) is 5. The van der Waals surface area contributed by atoms with Crippen LogP contribution in [0.15, 0.2) is 61.2 Å².